The molecule has 14 heavy (non-hydrogen) atoms. The molecule has 2 N–H and O–H groups in total. The zero-order chi connectivity index (χ0) is 10.1. The Morgan fingerprint density at radius 3 is 2.64 bits per heavy atom. The van der Waals surface area contributed by atoms with Crippen LogP contribution in [0.3, 0.4) is 0 Å². The molecule has 0 saturated heterocycles. The van der Waals surface area contributed by atoms with Crippen molar-refractivity contribution in [2.75, 3.05) is 0 Å². The van der Waals surface area contributed by atoms with E-state index in [-0.39, 0.29) is 0 Å². The fourth-order valence-electron chi connectivity index (χ4n) is 1.67. The fourth-order valence-corrected chi connectivity index (χ4v) is 2.88. The molecule has 0 spiro atoms. The van der Waals surface area contributed by atoms with E-state index in [0.29, 0.717) is 12.5 Å². The molecule has 2 nitrogen and oxygen atoms in total. The van der Waals surface area contributed by atoms with Gasteiger partial charge in [0.15, 0.2) is 0 Å². The Morgan fingerprint density at radius 2 is 2.21 bits per heavy atom. The third-order valence-electron chi connectivity index (χ3n) is 2.66. The number of nitrogens with two attached hydrogens (primary N) is 1. The maximum absolute atomic E-state index is 5.72. The van der Waals surface area contributed by atoms with E-state index in [2.05, 4.69) is 13.8 Å². The normalized spacial score (nSPS) is 16.6. The van der Waals surface area contributed by atoms with Gasteiger partial charge >= 0.3 is 0 Å². The molecule has 3 heteroatoms. The molecule has 78 valence electrons. The van der Waals surface area contributed by atoms with E-state index in [1.807, 2.05) is 11.3 Å². The first-order chi connectivity index (χ1) is 6.70. The third-order valence-corrected chi connectivity index (χ3v) is 3.78. The smallest absolute Gasteiger partial charge is 0.0934 e. The number of rotatable bonds is 4. The van der Waals surface area contributed by atoms with Gasteiger partial charge in [-0.25, -0.2) is 4.98 Å². The summed E-state index contributed by atoms with van der Waals surface area (Å²) in [5.41, 5.74) is 6.95. The van der Waals surface area contributed by atoms with Gasteiger partial charge in [0.25, 0.3) is 0 Å². The first kappa shape index (κ1) is 10.1. The average Bonchev–Trinajstić information content (AvgIpc) is 2.83. The highest BCUT2D eigenvalue weighted by Crippen LogP contribution is 2.35. The molecule has 1 fully saturated rings. The van der Waals surface area contributed by atoms with Gasteiger partial charge in [-0.05, 0) is 24.7 Å². The number of aromatic nitrogens is 1. The van der Waals surface area contributed by atoms with Gasteiger partial charge in [-0.1, -0.05) is 13.8 Å². The van der Waals surface area contributed by atoms with E-state index in [1.54, 1.807) is 0 Å². The van der Waals surface area contributed by atoms with Crippen LogP contribution in [0.4, 0.5) is 0 Å². The summed E-state index contributed by atoms with van der Waals surface area (Å²) in [5.74, 6) is 1.43. The molecule has 0 unspecified atom stereocenters. The van der Waals surface area contributed by atoms with Gasteiger partial charge in [0, 0.05) is 17.8 Å². The van der Waals surface area contributed by atoms with Gasteiger partial charge in [-0.3, -0.25) is 0 Å². The lowest BCUT2D eigenvalue weighted by Crippen LogP contribution is -1.99. The van der Waals surface area contributed by atoms with Crippen molar-refractivity contribution in [1.82, 2.24) is 4.98 Å². The first-order valence-corrected chi connectivity index (χ1v) is 6.21. The van der Waals surface area contributed by atoms with Crippen molar-refractivity contribution >= 4 is 11.3 Å². The Morgan fingerprint density at radius 1 is 1.50 bits per heavy atom. The molecule has 1 aliphatic rings. The average molecular weight is 210 g/mol. The largest absolute Gasteiger partial charge is 0.326 e. The minimum absolute atomic E-state index is 0.512. The molecule has 1 aliphatic carbocycles. The molecule has 1 heterocycles. The van der Waals surface area contributed by atoms with Gasteiger partial charge in [-0.2, -0.15) is 0 Å². The highest BCUT2D eigenvalue weighted by atomic mass is 32.1. The molecular weight excluding hydrogens is 192 g/mol. The Labute approximate surface area is 89.5 Å². The van der Waals surface area contributed by atoms with Crippen molar-refractivity contribution < 1.29 is 0 Å². The van der Waals surface area contributed by atoms with Crippen LogP contribution in [0.25, 0.3) is 0 Å². The number of hydrogen-bond donors (Lipinski definition) is 1. The second-order valence-corrected chi connectivity index (χ2v) is 5.59. The summed E-state index contributed by atoms with van der Waals surface area (Å²) in [4.78, 5) is 5.99. The van der Waals surface area contributed by atoms with Gasteiger partial charge in [0.05, 0.1) is 10.7 Å². The highest BCUT2D eigenvalue weighted by Gasteiger charge is 2.24. The Hall–Kier alpha value is -0.410. The van der Waals surface area contributed by atoms with E-state index in [4.69, 9.17) is 10.7 Å². The van der Waals surface area contributed by atoms with Crippen LogP contribution >= 0.6 is 11.3 Å². The Kier molecular flexibility index (Phi) is 2.88. The molecule has 1 saturated carbocycles. The van der Waals surface area contributed by atoms with Crippen LogP contribution in [0.15, 0.2) is 0 Å². The van der Waals surface area contributed by atoms with Crippen LogP contribution in [-0.4, -0.2) is 4.98 Å². The van der Waals surface area contributed by atoms with Crippen molar-refractivity contribution in [3.8, 4) is 0 Å². The van der Waals surface area contributed by atoms with Crippen molar-refractivity contribution in [1.29, 1.82) is 0 Å². The molecule has 2 rings (SSSR count). The van der Waals surface area contributed by atoms with Crippen LogP contribution in [0.2, 0.25) is 0 Å². The summed E-state index contributed by atoms with van der Waals surface area (Å²) in [6.07, 6.45) is 3.98. The van der Waals surface area contributed by atoms with E-state index >= 15 is 0 Å². The third kappa shape index (κ3) is 2.15. The second kappa shape index (κ2) is 3.99. The Bertz CT molecular complexity index is 313. The molecule has 1 aromatic rings. The van der Waals surface area contributed by atoms with Crippen LogP contribution in [-0.2, 0) is 13.0 Å². The summed E-state index contributed by atoms with van der Waals surface area (Å²) >= 11 is 1.82. The zero-order valence-electron chi connectivity index (χ0n) is 8.92. The maximum atomic E-state index is 5.72. The van der Waals surface area contributed by atoms with E-state index in [9.17, 15) is 0 Å². The Balaban J connectivity index is 2.16. The summed E-state index contributed by atoms with van der Waals surface area (Å²) in [6.45, 7) is 5.03. The predicted molar refractivity (Wildman–Crippen MR) is 60.5 cm³/mol. The molecule has 0 aromatic carbocycles. The zero-order valence-corrected chi connectivity index (χ0v) is 9.73. The van der Waals surface area contributed by atoms with Crippen LogP contribution < -0.4 is 5.73 Å². The van der Waals surface area contributed by atoms with Gasteiger partial charge in [-0.15, -0.1) is 11.3 Å². The molecule has 0 amide bonds. The topological polar surface area (TPSA) is 38.9 Å². The molecular formula is C11H18N2S. The monoisotopic (exact) mass is 210 g/mol. The van der Waals surface area contributed by atoms with E-state index in [0.717, 1.165) is 5.92 Å². The fraction of sp³-hybridized carbons (Fsp3) is 0.727. The summed E-state index contributed by atoms with van der Waals surface area (Å²) in [7, 11) is 0. The molecule has 0 atom stereocenters. The van der Waals surface area contributed by atoms with Crippen molar-refractivity contribution in [2.45, 2.75) is 45.6 Å². The van der Waals surface area contributed by atoms with Crippen molar-refractivity contribution in [3.63, 3.8) is 0 Å². The van der Waals surface area contributed by atoms with E-state index < -0.39 is 0 Å². The maximum Gasteiger partial charge on any atom is 0.0934 e. The lowest BCUT2D eigenvalue weighted by atomic mass is 10.1. The lowest BCUT2D eigenvalue weighted by Gasteiger charge is -2.01. The van der Waals surface area contributed by atoms with Crippen molar-refractivity contribution in [3.05, 3.63) is 15.6 Å². The standard InChI is InChI=1S/C11H18N2S/c1-7(2)11-9(6-12)14-10(13-11)5-8-3-4-8/h7-8H,3-6,12H2,1-2H3. The minimum Gasteiger partial charge on any atom is -0.326 e. The number of thiazole rings is 1. The lowest BCUT2D eigenvalue weighted by molar-refractivity contribution is 0.778. The van der Waals surface area contributed by atoms with Gasteiger partial charge in [0.1, 0.15) is 0 Å². The molecule has 0 bridgehead atoms. The molecule has 0 aliphatic heterocycles. The number of nitrogens with zero attached hydrogens (tertiary/aromatic N) is 1. The molecule has 0 radical (unpaired) electrons. The minimum atomic E-state index is 0.512. The number of hydrogen-bond acceptors (Lipinski definition) is 3. The van der Waals surface area contributed by atoms with Gasteiger partial charge in [0.2, 0.25) is 0 Å². The van der Waals surface area contributed by atoms with Crippen LogP contribution in [0.5, 0.6) is 0 Å². The SMILES string of the molecule is CC(C)c1nc(CC2CC2)sc1CN. The molecule has 1 aromatic heterocycles. The first-order valence-electron chi connectivity index (χ1n) is 5.39. The van der Waals surface area contributed by atoms with Crippen LogP contribution in [0.1, 0.15) is 48.2 Å². The summed E-state index contributed by atoms with van der Waals surface area (Å²) in [5, 5.41) is 1.30. The second-order valence-electron chi connectivity index (χ2n) is 4.42. The van der Waals surface area contributed by atoms with Crippen LogP contribution in [0, 0.1) is 5.92 Å². The summed E-state index contributed by atoms with van der Waals surface area (Å²) < 4.78 is 0. The summed E-state index contributed by atoms with van der Waals surface area (Å²) in [6, 6.07) is 0. The quantitative estimate of drug-likeness (QED) is 0.830. The predicted octanol–water partition coefficient (Wildman–Crippen LogP) is 2.68. The van der Waals surface area contributed by atoms with Gasteiger partial charge < -0.3 is 5.73 Å². The van der Waals surface area contributed by atoms with E-state index in [1.165, 1.54) is 34.8 Å². The van der Waals surface area contributed by atoms with Crippen molar-refractivity contribution in [2.24, 2.45) is 11.7 Å². The highest BCUT2D eigenvalue weighted by molar-refractivity contribution is 7.11.